The van der Waals surface area contributed by atoms with Crippen LogP contribution in [0.15, 0.2) is 12.1 Å². The van der Waals surface area contributed by atoms with E-state index in [9.17, 15) is 28.5 Å². The first-order chi connectivity index (χ1) is 8.88. The largest absolute Gasteiger partial charge is 0.371 e. The molecule has 2 amide bonds. The Bertz CT molecular complexity index is 590. The number of amides is 2. The van der Waals surface area contributed by atoms with Crippen LogP contribution >= 0.6 is 0 Å². The lowest BCUT2D eigenvalue weighted by atomic mass is 10.2. The maximum atomic E-state index is 13.4. The van der Waals surface area contributed by atoms with Crippen molar-refractivity contribution < 1.29 is 23.3 Å². The number of hydrogen-bond donors (Lipinski definition) is 2. The molecule has 1 aliphatic heterocycles. The second-order valence-electron chi connectivity index (χ2n) is 3.85. The fourth-order valence-corrected chi connectivity index (χ4v) is 1.65. The number of nitrogens with zero attached hydrogens (tertiary/aromatic N) is 1. The molecule has 0 bridgehead atoms. The molecular weight excluding hydrogens is 264 g/mol. The molecule has 0 aliphatic carbocycles. The molecule has 1 aliphatic rings. The number of nitrogens with one attached hydrogen (secondary N) is 2. The van der Waals surface area contributed by atoms with Crippen molar-refractivity contribution in [2.45, 2.75) is 12.5 Å². The molecule has 0 saturated carbocycles. The predicted octanol–water partition coefficient (Wildman–Crippen LogP) is 0.700. The van der Waals surface area contributed by atoms with Gasteiger partial charge in [-0.05, 0) is 0 Å². The van der Waals surface area contributed by atoms with Gasteiger partial charge in [0.1, 0.15) is 11.9 Å². The number of anilines is 1. The van der Waals surface area contributed by atoms with Crippen molar-refractivity contribution in [3.8, 4) is 0 Å². The third-order valence-corrected chi connectivity index (χ3v) is 2.53. The van der Waals surface area contributed by atoms with Crippen LogP contribution in [0, 0.1) is 21.7 Å². The molecule has 1 unspecified atom stereocenters. The van der Waals surface area contributed by atoms with Crippen molar-refractivity contribution in [2.24, 2.45) is 0 Å². The molecule has 2 N–H and O–H groups in total. The van der Waals surface area contributed by atoms with Crippen LogP contribution in [0.2, 0.25) is 0 Å². The Kier molecular flexibility index (Phi) is 3.11. The minimum atomic E-state index is -1.32. The minimum absolute atomic E-state index is 0.219. The Morgan fingerprint density at radius 3 is 2.53 bits per heavy atom. The normalized spacial score (nSPS) is 18.3. The fraction of sp³-hybridized carbons (Fsp3) is 0.200. The number of nitro groups is 1. The van der Waals surface area contributed by atoms with Crippen LogP contribution in [0.5, 0.6) is 0 Å². The van der Waals surface area contributed by atoms with E-state index in [0.717, 1.165) is 0 Å². The van der Waals surface area contributed by atoms with Crippen LogP contribution in [0.1, 0.15) is 6.42 Å². The highest BCUT2D eigenvalue weighted by atomic mass is 19.1. The molecule has 1 heterocycles. The van der Waals surface area contributed by atoms with E-state index in [4.69, 9.17) is 0 Å². The molecule has 2 rings (SSSR count). The zero-order valence-corrected chi connectivity index (χ0v) is 9.28. The number of halogens is 2. The van der Waals surface area contributed by atoms with Gasteiger partial charge in [0.15, 0.2) is 0 Å². The number of carbonyl (C=O) groups excluding carboxylic acids is 2. The summed E-state index contributed by atoms with van der Waals surface area (Å²) in [5.74, 6) is -3.62. The first kappa shape index (κ1) is 12.9. The van der Waals surface area contributed by atoms with E-state index < -0.39 is 45.8 Å². The topological polar surface area (TPSA) is 101 Å². The highest BCUT2D eigenvalue weighted by molar-refractivity contribution is 6.06. The second-order valence-corrected chi connectivity index (χ2v) is 3.85. The summed E-state index contributed by atoms with van der Waals surface area (Å²) >= 11 is 0. The molecule has 0 radical (unpaired) electrons. The van der Waals surface area contributed by atoms with E-state index in [-0.39, 0.29) is 6.42 Å². The van der Waals surface area contributed by atoms with Crippen LogP contribution < -0.4 is 10.6 Å². The van der Waals surface area contributed by atoms with E-state index in [1.807, 2.05) is 5.32 Å². The third kappa shape index (κ3) is 2.49. The molecule has 9 heteroatoms. The van der Waals surface area contributed by atoms with Gasteiger partial charge in [-0.15, -0.1) is 0 Å². The third-order valence-electron chi connectivity index (χ3n) is 2.53. The van der Waals surface area contributed by atoms with Gasteiger partial charge in [0.2, 0.25) is 17.6 Å². The van der Waals surface area contributed by atoms with Gasteiger partial charge in [0.25, 0.3) is 0 Å². The number of rotatable bonds is 3. The average Bonchev–Trinajstić information content (AvgIpc) is 2.60. The Morgan fingerprint density at radius 1 is 1.32 bits per heavy atom. The van der Waals surface area contributed by atoms with Crippen molar-refractivity contribution in [1.29, 1.82) is 0 Å². The summed E-state index contributed by atoms with van der Waals surface area (Å²) in [6.45, 7) is 0. The quantitative estimate of drug-likeness (QED) is 0.478. The summed E-state index contributed by atoms with van der Waals surface area (Å²) in [5.41, 5.74) is -1.34. The van der Waals surface area contributed by atoms with Crippen molar-refractivity contribution in [3.63, 3.8) is 0 Å². The number of benzene rings is 1. The Hall–Kier alpha value is -2.58. The Morgan fingerprint density at radius 2 is 2.00 bits per heavy atom. The number of hydrogen-bond acceptors (Lipinski definition) is 5. The first-order valence-corrected chi connectivity index (χ1v) is 5.12. The molecular formula is C10H7F2N3O4. The van der Waals surface area contributed by atoms with Crippen molar-refractivity contribution in [1.82, 2.24) is 5.32 Å². The lowest BCUT2D eigenvalue weighted by Crippen LogP contribution is -2.30. The van der Waals surface area contributed by atoms with Gasteiger partial charge in [0.05, 0.1) is 17.0 Å². The highest BCUT2D eigenvalue weighted by Crippen LogP contribution is 2.26. The SMILES string of the molecule is O=C1CC(Nc2cc([N+](=O)[O-])c(F)cc2F)C(=O)N1. The zero-order valence-electron chi connectivity index (χ0n) is 9.28. The van der Waals surface area contributed by atoms with Crippen LogP contribution in [-0.4, -0.2) is 22.8 Å². The average molecular weight is 271 g/mol. The summed E-state index contributed by atoms with van der Waals surface area (Å²) in [6, 6.07) is -0.0531. The standard InChI is InChI=1S/C10H7F2N3O4/c11-4-1-5(12)8(15(18)19)2-6(4)13-7-3-9(16)14-10(7)17/h1-2,7,13H,3H2,(H,14,16,17). The highest BCUT2D eigenvalue weighted by Gasteiger charge is 2.31. The van der Waals surface area contributed by atoms with Crippen molar-refractivity contribution in [2.75, 3.05) is 5.32 Å². The van der Waals surface area contributed by atoms with Gasteiger partial charge in [-0.3, -0.25) is 25.0 Å². The maximum absolute atomic E-state index is 13.4. The summed E-state index contributed by atoms with van der Waals surface area (Å²) in [6.07, 6.45) is -0.219. The number of carbonyl (C=O) groups is 2. The van der Waals surface area contributed by atoms with Crippen molar-refractivity contribution in [3.05, 3.63) is 33.9 Å². The van der Waals surface area contributed by atoms with E-state index in [1.54, 1.807) is 0 Å². The van der Waals surface area contributed by atoms with Gasteiger partial charge in [0, 0.05) is 12.1 Å². The number of nitro benzene ring substituents is 1. The van der Waals surface area contributed by atoms with Gasteiger partial charge >= 0.3 is 5.69 Å². The molecule has 1 atom stereocenters. The van der Waals surface area contributed by atoms with Gasteiger partial charge in [-0.2, -0.15) is 4.39 Å². The van der Waals surface area contributed by atoms with Crippen LogP contribution in [0.25, 0.3) is 0 Å². The van der Waals surface area contributed by atoms with E-state index in [1.165, 1.54) is 0 Å². The first-order valence-electron chi connectivity index (χ1n) is 5.12. The smallest absolute Gasteiger partial charge is 0.307 e. The second kappa shape index (κ2) is 4.59. The maximum Gasteiger partial charge on any atom is 0.307 e. The van der Waals surface area contributed by atoms with Gasteiger partial charge in [-0.25, -0.2) is 4.39 Å². The van der Waals surface area contributed by atoms with Crippen LogP contribution in [-0.2, 0) is 9.59 Å². The molecule has 0 aromatic heterocycles. The lowest BCUT2D eigenvalue weighted by molar-refractivity contribution is -0.387. The lowest BCUT2D eigenvalue weighted by Gasteiger charge is -2.11. The van der Waals surface area contributed by atoms with Crippen LogP contribution in [0.4, 0.5) is 20.2 Å². The summed E-state index contributed by atoms with van der Waals surface area (Å²) in [5, 5.41) is 14.8. The molecule has 19 heavy (non-hydrogen) atoms. The predicted molar refractivity (Wildman–Crippen MR) is 58.2 cm³/mol. The molecule has 0 spiro atoms. The molecule has 100 valence electrons. The molecule has 1 saturated heterocycles. The Labute approximate surface area is 104 Å². The number of imide groups is 1. The molecule has 1 aromatic carbocycles. The molecule has 7 nitrogen and oxygen atoms in total. The van der Waals surface area contributed by atoms with Crippen molar-refractivity contribution >= 4 is 23.2 Å². The molecule has 1 aromatic rings. The van der Waals surface area contributed by atoms with E-state index >= 15 is 0 Å². The summed E-state index contributed by atoms with van der Waals surface area (Å²) in [7, 11) is 0. The zero-order chi connectivity index (χ0) is 14.2. The van der Waals surface area contributed by atoms with Crippen LogP contribution in [0.3, 0.4) is 0 Å². The van der Waals surface area contributed by atoms with Gasteiger partial charge < -0.3 is 5.32 Å². The monoisotopic (exact) mass is 271 g/mol. The minimum Gasteiger partial charge on any atom is -0.371 e. The summed E-state index contributed by atoms with van der Waals surface area (Å²) < 4.78 is 26.5. The molecule has 1 fully saturated rings. The summed E-state index contributed by atoms with van der Waals surface area (Å²) in [4.78, 5) is 31.7. The van der Waals surface area contributed by atoms with E-state index in [2.05, 4.69) is 5.32 Å². The fourth-order valence-electron chi connectivity index (χ4n) is 1.65. The van der Waals surface area contributed by atoms with E-state index in [0.29, 0.717) is 12.1 Å². The Balaban J connectivity index is 2.30. The van der Waals surface area contributed by atoms with Gasteiger partial charge in [-0.1, -0.05) is 0 Å².